The summed E-state index contributed by atoms with van der Waals surface area (Å²) in [5, 5.41) is 4.15. The first kappa shape index (κ1) is 10.4. The Bertz CT molecular complexity index is 407. The van der Waals surface area contributed by atoms with Gasteiger partial charge in [-0.25, -0.2) is 4.68 Å². The van der Waals surface area contributed by atoms with Gasteiger partial charge in [0, 0.05) is 6.07 Å². The lowest BCUT2D eigenvalue weighted by Gasteiger charge is -2.14. The van der Waals surface area contributed by atoms with E-state index in [0.29, 0.717) is 6.54 Å². The van der Waals surface area contributed by atoms with Gasteiger partial charge in [-0.05, 0) is 43.7 Å². The first-order chi connectivity index (χ1) is 7.15. The molecule has 0 spiro atoms. The van der Waals surface area contributed by atoms with Crippen LogP contribution in [0.2, 0.25) is 0 Å². The van der Waals surface area contributed by atoms with Crippen molar-refractivity contribution in [3.8, 4) is 0 Å². The van der Waals surface area contributed by atoms with Gasteiger partial charge in [-0.15, -0.1) is 0 Å². The van der Waals surface area contributed by atoms with Gasteiger partial charge in [0.05, 0.1) is 12.7 Å². The predicted octanol–water partition coefficient (Wildman–Crippen LogP) is 0.681. The maximum atomic E-state index is 11.6. The monoisotopic (exact) mass is 207 g/mol. The molecule has 0 aromatic carbocycles. The second-order valence-corrected chi connectivity index (χ2v) is 4.57. The highest BCUT2D eigenvalue weighted by atomic mass is 16.1. The lowest BCUT2D eigenvalue weighted by Crippen LogP contribution is -2.27. The molecule has 0 bridgehead atoms. The van der Waals surface area contributed by atoms with Crippen molar-refractivity contribution in [1.82, 2.24) is 9.78 Å². The predicted molar refractivity (Wildman–Crippen MR) is 58.6 cm³/mol. The second kappa shape index (κ2) is 3.77. The van der Waals surface area contributed by atoms with Gasteiger partial charge >= 0.3 is 0 Å². The topological polar surface area (TPSA) is 60.9 Å². The van der Waals surface area contributed by atoms with Gasteiger partial charge in [-0.3, -0.25) is 4.79 Å². The molecule has 0 atom stereocenters. The molecule has 0 unspecified atom stereocenters. The van der Waals surface area contributed by atoms with Crippen molar-refractivity contribution in [3.05, 3.63) is 28.2 Å². The summed E-state index contributed by atoms with van der Waals surface area (Å²) in [6.07, 6.45) is 5.08. The second-order valence-electron chi connectivity index (χ2n) is 4.57. The van der Waals surface area contributed by atoms with E-state index in [9.17, 15) is 4.79 Å². The maximum absolute atomic E-state index is 11.6. The van der Waals surface area contributed by atoms with Crippen LogP contribution in [-0.2, 0) is 6.54 Å². The van der Waals surface area contributed by atoms with Gasteiger partial charge in [0.2, 0.25) is 0 Å². The highest BCUT2D eigenvalue weighted by Crippen LogP contribution is 2.49. The molecule has 0 amide bonds. The highest BCUT2D eigenvalue weighted by molar-refractivity contribution is 5.03. The summed E-state index contributed by atoms with van der Waals surface area (Å²) in [4.78, 5) is 11.6. The molecular formula is C11H17N3O. The summed E-state index contributed by atoms with van der Waals surface area (Å²) in [5.74, 6) is 0. The van der Waals surface area contributed by atoms with Crippen molar-refractivity contribution < 1.29 is 0 Å². The first-order valence-corrected chi connectivity index (χ1v) is 5.39. The molecule has 1 aromatic heterocycles. The Hall–Kier alpha value is -1.16. The quantitative estimate of drug-likeness (QED) is 0.789. The standard InChI is InChI=1S/C11H17N3O/c1-9-6-10(15)14(13-7-9)8-11(2-3-11)4-5-12/h6-7H,2-5,8,12H2,1H3. The highest BCUT2D eigenvalue weighted by Gasteiger charge is 2.42. The Kier molecular flexibility index (Phi) is 2.61. The molecule has 1 saturated carbocycles. The van der Waals surface area contributed by atoms with Crippen LogP contribution in [0.4, 0.5) is 0 Å². The van der Waals surface area contributed by atoms with E-state index < -0.39 is 0 Å². The Morgan fingerprint density at radius 1 is 1.60 bits per heavy atom. The molecule has 0 saturated heterocycles. The van der Waals surface area contributed by atoms with Gasteiger partial charge < -0.3 is 5.73 Å². The molecule has 82 valence electrons. The number of nitrogens with zero attached hydrogens (tertiary/aromatic N) is 2. The van der Waals surface area contributed by atoms with Crippen molar-refractivity contribution in [2.75, 3.05) is 6.54 Å². The molecule has 1 aliphatic rings. The van der Waals surface area contributed by atoms with E-state index in [2.05, 4.69) is 5.10 Å². The van der Waals surface area contributed by atoms with Crippen molar-refractivity contribution >= 4 is 0 Å². The molecule has 1 aromatic rings. The van der Waals surface area contributed by atoms with Crippen LogP contribution in [0, 0.1) is 12.3 Å². The van der Waals surface area contributed by atoms with Gasteiger partial charge in [0.1, 0.15) is 0 Å². The molecule has 0 radical (unpaired) electrons. The zero-order valence-electron chi connectivity index (χ0n) is 9.07. The van der Waals surface area contributed by atoms with Crippen LogP contribution in [0.3, 0.4) is 0 Å². The van der Waals surface area contributed by atoms with E-state index in [1.165, 1.54) is 12.8 Å². The molecule has 2 rings (SSSR count). The minimum atomic E-state index is -0.00158. The van der Waals surface area contributed by atoms with Gasteiger partial charge in [0.25, 0.3) is 5.56 Å². The lowest BCUT2D eigenvalue weighted by molar-refractivity contribution is 0.365. The van der Waals surface area contributed by atoms with Crippen LogP contribution >= 0.6 is 0 Å². The number of rotatable bonds is 4. The smallest absolute Gasteiger partial charge is 0.267 e. The summed E-state index contributed by atoms with van der Waals surface area (Å²) in [6, 6.07) is 1.63. The van der Waals surface area contributed by atoms with Crippen LogP contribution in [0.25, 0.3) is 0 Å². The van der Waals surface area contributed by atoms with Crippen molar-refractivity contribution in [3.63, 3.8) is 0 Å². The Labute approximate surface area is 89.1 Å². The third-order valence-corrected chi connectivity index (χ3v) is 3.12. The molecule has 4 heteroatoms. The maximum Gasteiger partial charge on any atom is 0.267 e. The largest absolute Gasteiger partial charge is 0.330 e. The van der Waals surface area contributed by atoms with E-state index in [-0.39, 0.29) is 11.0 Å². The Balaban J connectivity index is 2.14. The normalized spacial score (nSPS) is 17.7. The third-order valence-electron chi connectivity index (χ3n) is 3.12. The minimum Gasteiger partial charge on any atom is -0.330 e. The van der Waals surface area contributed by atoms with E-state index in [4.69, 9.17) is 5.73 Å². The number of hydrogen-bond acceptors (Lipinski definition) is 3. The molecule has 1 heterocycles. The number of aromatic nitrogens is 2. The SMILES string of the molecule is Cc1cnn(CC2(CCN)CC2)c(=O)c1. The van der Waals surface area contributed by atoms with Gasteiger partial charge in [0.15, 0.2) is 0 Å². The minimum absolute atomic E-state index is 0.00158. The molecule has 1 fully saturated rings. The zero-order valence-corrected chi connectivity index (χ0v) is 9.07. The Morgan fingerprint density at radius 3 is 2.87 bits per heavy atom. The van der Waals surface area contributed by atoms with E-state index in [1.54, 1.807) is 16.9 Å². The van der Waals surface area contributed by atoms with Crippen LogP contribution in [0.15, 0.2) is 17.1 Å². The van der Waals surface area contributed by atoms with E-state index in [1.807, 2.05) is 6.92 Å². The number of nitrogens with two attached hydrogens (primary N) is 1. The average molecular weight is 207 g/mol. The third kappa shape index (κ3) is 2.26. The molecule has 1 aliphatic carbocycles. The summed E-state index contributed by atoms with van der Waals surface area (Å²) in [5.41, 5.74) is 6.74. The number of aryl methyl sites for hydroxylation is 1. The van der Waals surface area contributed by atoms with Crippen molar-refractivity contribution in [2.45, 2.75) is 32.7 Å². The van der Waals surface area contributed by atoms with Gasteiger partial charge in [-0.1, -0.05) is 0 Å². The Morgan fingerprint density at radius 2 is 2.33 bits per heavy atom. The molecule has 15 heavy (non-hydrogen) atoms. The summed E-state index contributed by atoms with van der Waals surface area (Å²) in [7, 11) is 0. The zero-order chi connectivity index (χ0) is 10.9. The number of hydrogen-bond donors (Lipinski definition) is 1. The lowest BCUT2D eigenvalue weighted by atomic mass is 10.0. The van der Waals surface area contributed by atoms with Gasteiger partial charge in [-0.2, -0.15) is 5.10 Å². The van der Waals surface area contributed by atoms with Crippen LogP contribution < -0.4 is 11.3 Å². The summed E-state index contributed by atoms with van der Waals surface area (Å²) >= 11 is 0. The van der Waals surface area contributed by atoms with Crippen LogP contribution in [-0.4, -0.2) is 16.3 Å². The fraction of sp³-hybridized carbons (Fsp3) is 0.636. The molecule has 0 aliphatic heterocycles. The van der Waals surface area contributed by atoms with E-state index in [0.717, 1.165) is 18.5 Å². The summed E-state index contributed by atoms with van der Waals surface area (Å²) < 4.78 is 1.57. The van der Waals surface area contributed by atoms with Crippen LogP contribution in [0.5, 0.6) is 0 Å². The van der Waals surface area contributed by atoms with Crippen LogP contribution in [0.1, 0.15) is 24.8 Å². The fourth-order valence-corrected chi connectivity index (χ4v) is 1.93. The molecular weight excluding hydrogens is 190 g/mol. The first-order valence-electron chi connectivity index (χ1n) is 5.39. The molecule has 4 nitrogen and oxygen atoms in total. The fourth-order valence-electron chi connectivity index (χ4n) is 1.93. The summed E-state index contributed by atoms with van der Waals surface area (Å²) in [6.45, 7) is 3.30. The van der Waals surface area contributed by atoms with Crippen molar-refractivity contribution in [1.29, 1.82) is 0 Å². The van der Waals surface area contributed by atoms with Crippen molar-refractivity contribution in [2.24, 2.45) is 11.1 Å². The molecule has 2 N–H and O–H groups in total. The van der Waals surface area contributed by atoms with E-state index >= 15 is 0 Å². The average Bonchev–Trinajstić information content (AvgIpc) is 2.91.